The second kappa shape index (κ2) is 10.7. The molecule has 0 bridgehead atoms. The van der Waals surface area contributed by atoms with Crippen LogP contribution in [0.25, 0.3) is 0 Å². The lowest BCUT2D eigenvalue weighted by atomic mass is 9.33. The van der Waals surface area contributed by atoms with Gasteiger partial charge in [-0.2, -0.15) is 0 Å². The van der Waals surface area contributed by atoms with Crippen molar-refractivity contribution >= 4 is 17.6 Å². The lowest BCUT2D eigenvalue weighted by Crippen LogP contribution is -2.65. The molecule has 6 rings (SSSR count). The average Bonchev–Trinajstić information content (AvgIpc) is 3.35. The Labute approximate surface area is 259 Å². The van der Waals surface area contributed by atoms with Gasteiger partial charge >= 0.3 is 5.97 Å². The van der Waals surface area contributed by atoms with Crippen LogP contribution in [0.5, 0.6) is 0 Å². The summed E-state index contributed by atoms with van der Waals surface area (Å²) in [4.78, 5) is 25.3. The van der Waals surface area contributed by atoms with Crippen LogP contribution in [0.4, 0.5) is 5.69 Å². The quantitative estimate of drug-likeness (QED) is 0.267. The summed E-state index contributed by atoms with van der Waals surface area (Å²) in [5, 5.41) is 13.6. The van der Waals surface area contributed by atoms with Crippen molar-refractivity contribution in [2.45, 2.75) is 112 Å². The zero-order chi connectivity index (χ0) is 30.9. The molecule has 5 nitrogen and oxygen atoms in total. The maximum Gasteiger partial charge on any atom is 0.340 e. The number of anilines is 1. The molecule has 0 aliphatic heterocycles. The fourth-order valence-corrected chi connectivity index (χ4v) is 12.4. The number of aliphatic hydroxyl groups excluding tert-OH is 1. The number of benzene rings is 1. The number of amides is 1. The third kappa shape index (κ3) is 4.57. The number of hydrogen-bond donors (Lipinski definition) is 2. The van der Waals surface area contributed by atoms with E-state index < -0.39 is 0 Å². The monoisotopic (exact) mass is 589 g/mol. The van der Waals surface area contributed by atoms with Crippen molar-refractivity contribution in [1.29, 1.82) is 0 Å². The zero-order valence-corrected chi connectivity index (χ0v) is 27.5. The Morgan fingerprint density at radius 2 is 1.67 bits per heavy atom. The highest BCUT2D eigenvalue weighted by Gasteiger charge is 2.70. The Kier molecular flexibility index (Phi) is 7.71. The van der Waals surface area contributed by atoms with Gasteiger partial charge in [0.1, 0.15) is 0 Å². The Hall–Kier alpha value is -2.14. The van der Waals surface area contributed by atoms with E-state index in [1.54, 1.807) is 12.1 Å². The number of carbonyl (C=O) groups is 2. The van der Waals surface area contributed by atoms with Gasteiger partial charge in [-0.05, 0) is 135 Å². The molecule has 0 saturated heterocycles. The molecule has 5 fully saturated rings. The Balaban J connectivity index is 1.29. The largest absolute Gasteiger partial charge is 0.461 e. The summed E-state index contributed by atoms with van der Waals surface area (Å²) < 4.78 is 6.23. The first-order chi connectivity index (χ1) is 20.3. The van der Waals surface area contributed by atoms with Crippen molar-refractivity contribution in [3.63, 3.8) is 0 Å². The highest BCUT2D eigenvalue weighted by atomic mass is 16.5. The van der Waals surface area contributed by atoms with Gasteiger partial charge in [0, 0.05) is 12.3 Å². The van der Waals surface area contributed by atoms with Crippen LogP contribution in [-0.4, -0.2) is 29.7 Å². The molecule has 1 amide bonds. The van der Waals surface area contributed by atoms with Crippen LogP contribution in [0.2, 0.25) is 0 Å². The number of ether oxygens (including phenoxy) is 1. The standard InChI is InChI=1S/C38H55NO4/c1-23(2)26-14-19-38(22-43-34(42)27-10-8-9-11-30(27)39-25(4)40)21-20-36(6)29(33(26)38)12-13-32-35(5)17-16-31(41)24(3)28(35)15-18-37(32,36)7/h8-11,24,26,28-29,31-33,41H,1,12-22H2,2-7H3,(H,39,40)/t24-,26+,28+,29?,31+,32?,33?,35+,36-,37-,38-/m1/s1. The second-order valence-corrected chi connectivity index (χ2v) is 16.4. The molecule has 1 aromatic carbocycles. The van der Waals surface area contributed by atoms with Gasteiger partial charge < -0.3 is 15.2 Å². The van der Waals surface area contributed by atoms with Crippen molar-refractivity contribution in [3.05, 3.63) is 42.0 Å². The third-order valence-electron chi connectivity index (χ3n) is 14.7. The minimum atomic E-state index is -0.347. The molecule has 5 heteroatoms. The van der Waals surface area contributed by atoms with Gasteiger partial charge in [-0.3, -0.25) is 4.79 Å². The predicted molar refractivity (Wildman–Crippen MR) is 171 cm³/mol. The normalized spacial score (nSPS) is 45.1. The number of hydrogen-bond acceptors (Lipinski definition) is 4. The fourth-order valence-electron chi connectivity index (χ4n) is 12.4. The third-order valence-corrected chi connectivity index (χ3v) is 14.7. The maximum absolute atomic E-state index is 13.5. The van der Waals surface area contributed by atoms with E-state index in [0.29, 0.717) is 58.8 Å². The van der Waals surface area contributed by atoms with Gasteiger partial charge in [0.05, 0.1) is 24.0 Å². The van der Waals surface area contributed by atoms with Crippen LogP contribution in [-0.2, 0) is 9.53 Å². The summed E-state index contributed by atoms with van der Waals surface area (Å²) in [7, 11) is 0. The number of para-hydroxylation sites is 1. The molecule has 3 unspecified atom stereocenters. The van der Waals surface area contributed by atoms with E-state index in [4.69, 9.17) is 4.74 Å². The highest BCUT2D eigenvalue weighted by Crippen LogP contribution is 2.76. The molecule has 43 heavy (non-hydrogen) atoms. The van der Waals surface area contributed by atoms with Crippen LogP contribution in [0.15, 0.2) is 36.4 Å². The number of nitrogens with one attached hydrogen (secondary N) is 1. The molecule has 2 N–H and O–H groups in total. The number of fused-ring (bicyclic) bond motifs is 7. The molecule has 1 aromatic rings. The van der Waals surface area contributed by atoms with Gasteiger partial charge in [0.25, 0.3) is 0 Å². The molecule has 5 aliphatic rings. The maximum atomic E-state index is 13.5. The van der Waals surface area contributed by atoms with E-state index in [9.17, 15) is 14.7 Å². The molecule has 236 valence electrons. The summed E-state index contributed by atoms with van der Waals surface area (Å²) in [6.45, 7) is 18.8. The van der Waals surface area contributed by atoms with E-state index in [0.717, 1.165) is 32.1 Å². The van der Waals surface area contributed by atoms with Crippen LogP contribution in [0.1, 0.15) is 116 Å². The van der Waals surface area contributed by atoms with Crippen LogP contribution >= 0.6 is 0 Å². The fraction of sp³-hybridized carbons (Fsp3) is 0.737. The average molecular weight is 590 g/mol. The summed E-state index contributed by atoms with van der Waals surface area (Å²) >= 11 is 0. The van der Waals surface area contributed by atoms with Crippen molar-refractivity contribution in [2.75, 3.05) is 11.9 Å². The van der Waals surface area contributed by atoms with Crippen molar-refractivity contribution in [2.24, 2.45) is 57.2 Å². The number of aliphatic hydroxyl groups is 1. The van der Waals surface area contributed by atoms with Gasteiger partial charge in [-0.25, -0.2) is 4.79 Å². The molecule has 0 radical (unpaired) electrons. The Bertz CT molecular complexity index is 1290. The van der Waals surface area contributed by atoms with Gasteiger partial charge in [-0.1, -0.05) is 52.0 Å². The van der Waals surface area contributed by atoms with Gasteiger partial charge in [0.15, 0.2) is 0 Å². The number of carbonyl (C=O) groups excluding carboxylic acids is 2. The SMILES string of the molecule is C=C(C)[C@@H]1CC[C@]2(COC(=O)c3ccccc3NC(C)=O)CC[C@]3(C)C(CCC4[C@@]5(C)CC[C@H](O)[C@H](C)[C@@H]5CC[C@]43C)C12. The minimum Gasteiger partial charge on any atom is -0.461 e. The van der Waals surface area contributed by atoms with E-state index >= 15 is 0 Å². The lowest BCUT2D eigenvalue weighted by molar-refractivity contribution is -0.237. The summed E-state index contributed by atoms with van der Waals surface area (Å²) in [6, 6.07) is 7.16. The molecular formula is C38H55NO4. The van der Waals surface area contributed by atoms with Crippen LogP contribution in [0.3, 0.4) is 0 Å². The summed E-state index contributed by atoms with van der Waals surface area (Å²) in [5.41, 5.74) is 3.00. The molecule has 0 heterocycles. The molecule has 0 aromatic heterocycles. The molecule has 5 aliphatic carbocycles. The minimum absolute atomic E-state index is 0.0276. The van der Waals surface area contributed by atoms with Gasteiger partial charge in [-0.15, -0.1) is 0 Å². The topological polar surface area (TPSA) is 75.6 Å². The smallest absolute Gasteiger partial charge is 0.340 e. The molecule has 5 saturated carbocycles. The molecule has 0 spiro atoms. The molecule has 11 atom stereocenters. The number of esters is 1. The molecular weight excluding hydrogens is 534 g/mol. The Morgan fingerprint density at radius 3 is 2.40 bits per heavy atom. The van der Waals surface area contributed by atoms with Crippen molar-refractivity contribution in [3.8, 4) is 0 Å². The number of allylic oxidation sites excluding steroid dienone is 1. The Morgan fingerprint density at radius 1 is 0.930 bits per heavy atom. The van der Waals surface area contributed by atoms with Gasteiger partial charge in [0.2, 0.25) is 5.91 Å². The van der Waals surface area contributed by atoms with Crippen LogP contribution < -0.4 is 5.32 Å². The highest BCUT2D eigenvalue weighted by molar-refractivity contribution is 6.00. The first-order valence-corrected chi connectivity index (χ1v) is 17.1. The van der Waals surface area contributed by atoms with E-state index in [1.165, 1.54) is 44.6 Å². The van der Waals surface area contributed by atoms with E-state index in [2.05, 4.69) is 46.5 Å². The first-order valence-electron chi connectivity index (χ1n) is 17.1. The predicted octanol–water partition coefficient (Wildman–Crippen LogP) is 8.43. The second-order valence-electron chi connectivity index (χ2n) is 16.4. The summed E-state index contributed by atoms with van der Waals surface area (Å²) in [6.07, 6.45) is 11.4. The first kappa shape index (κ1) is 30.9. The van der Waals surface area contributed by atoms with E-state index in [1.807, 2.05) is 12.1 Å². The van der Waals surface area contributed by atoms with Crippen LogP contribution in [0, 0.1) is 57.2 Å². The van der Waals surface area contributed by atoms with Crippen molar-refractivity contribution in [1.82, 2.24) is 0 Å². The van der Waals surface area contributed by atoms with E-state index in [-0.39, 0.29) is 34.2 Å². The lowest BCUT2D eigenvalue weighted by Gasteiger charge is -2.72. The summed E-state index contributed by atoms with van der Waals surface area (Å²) in [5.74, 6) is 2.67. The van der Waals surface area contributed by atoms with Crippen molar-refractivity contribution < 1.29 is 19.4 Å². The zero-order valence-electron chi connectivity index (χ0n) is 27.5. The number of rotatable bonds is 5.